The van der Waals surface area contributed by atoms with Gasteiger partial charge in [-0.15, -0.1) is 0 Å². The van der Waals surface area contributed by atoms with Crippen LogP contribution in [0.1, 0.15) is 0 Å². The molecule has 0 aromatic carbocycles. The van der Waals surface area contributed by atoms with Gasteiger partial charge in [0.1, 0.15) is 0 Å². The molecular weight excluding hydrogens is 124 g/mol. The second-order valence-corrected chi connectivity index (χ2v) is 2.47. The average molecular weight is 136 g/mol. The largest absolute Gasteiger partial charge is 0.399 e. The molecule has 1 aliphatic rings. The molecular formula is C8H12N2. The molecule has 0 radical (unpaired) electrons. The molecule has 2 N–H and O–H groups in total. The van der Waals surface area contributed by atoms with Crippen molar-refractivity contribution in [3.05, 3.63) is 36.2 Å². The van der Waals surface area contributed by atoms with Crippen molar-refractivity contribution in [3.63, 3.8) is 0 Å². The molecule has 54 valence electrons. The minimum atomic E-state index is 0.663. The van der Waals surface area contributed by atoms with Crippen LogP contribution in [0, 0.1) is 0 Å². The van der Waals surface area contributed by atoms with Gasteiger partial charge in [-0.05, 0) is 17.8 Å². The summed E-state index contributed by atoms with van der Waals surface area (Å²) in [6.45, 7) is 4.53. The third-order valence-electron chi connectivity index (χ3n) is 1.47. The first-order valence-corrected chi connectivity index (χ1v) is 3.22. The Bertz CT molecular complexity index is 201. The van der Waals surface area contributed by atoms with Crippen LogP contribution in [-0.4, -0.2) is 18.5 Å². The van der Waals surface area contributed by atoms with Crippen LogP contribution in [0.25, 0.3) is 0 Å². The summed E-state index contributed by atoms with van der Waals surface area (Å²) >= 11 is 0. The smallest absolute Gasteiger partial charge is 0.0440 e. The molecule has 0 aliphatic carbocycles. The molecule has 0 aromatic rings. The van der Waals surface area contributed by atoms with Crippen molar-refractivity contribution in [1.29, 1.82) is 0 Å². The molecule has 2 heteroatoms. The molecule has 0 aromatic heterocycles. The molecule has 0 atom stereocenters. The SMILES string of the molecule is C=C(N)C1=CC=CN(C)C1. The molecule has 1 rings (SSSR count). The van der Waals surface area contributed by atoms with Crippen molar-refractivity contribution in [3.8, 4) is 0 Å². The Morgan fingerprint density at radius 2 is 2.50 bits per heavy atom. The van der Waals surface area contributed by atoms with E-state index in [4.69, 9.17) is 5.73 Å². The molecule has 10 heavy (non-hydrogen) atoms. The summed E-state index contributed by atoms with van der Waals surface area (Å²) < 4.78 is 0. The van der Waals surface area contributed by atoms with E-state index < -0.39 is 0 Å². The minimum Gasteiger partial charge on any atom is -0.399 e. The zero-order chi connectivity index (χ0) is 7.56. The van der Waals surface area contributed by atoms with E-state index in [2.05, 4.69) is 11.5 Å². The van der Waals surface area contributed by atoms with Crippen molar-refractivity contribution in [1.82, 2.24) is 4.90 Å². The van der Waals surface area contributed by atoms with Gasteiger partial charge < -0.3 is 10.6 Å². The topological polar surface area (TPSA) is 29.3 Å². The lowest BCUT2D eigenvalue weighted by molar-refractivity contribution is 0.493. The fourth-order valence-electron chi connectivity index (χ4n) is 0.889. The maximum Gasteiger partial charge on any atom is 0.0440 e. The van der Waals surface area contributed by atoms with Gasteiger partial charge in [0.15, 0.2) is 0 Å². The van der Waals surface area contributed by atoms with Crippen LogP contribution >= 0.6 is 0 Å². The predicted octanol–water partition coefficient (Wildman–Crippen LogP) is 0.844. The number of nitrogens with two attached hydrogens (primary N) is 1. The van der Waals surface area contributed by atoms with Crippen LogP contribution in [0.5, 0.6) is 0 Å². The highest BCUT2D eigenvalue weighted by atomic mass is 15.1. The second-order valence-electron chi connectivity index (χ2n) is 2.47. The van der Waals surface area contributed by atoms with Crippen molar-refractivity contribution in [2.75, 3.05) is 13.6 Å². The summed E-state index contributed by atoms with van der Waals surface area (Å²) in [7, 11) is 2.01. The summed E-state index contributed by atoms with van der Waals surface area (Å²) in [5.41, 5.74) is 7.27. The number of allylic oxidation sites excluding steroid dienone is 2. The van der Waals surface area contributed by atoms with Crippen molar-refractivity contribution in [2.45, 2.75) is 0 Å². The van der Waals surface area contributed by atoms with Gasteiger partial charge in [-0.3, -0.25) is 0 Å². The zero-order valence-corrected chi connectivity index (χ0v) is 6.17. The van der Waals surface area contributed by atoms with E-state index in [-0.39, 0.29) is 0 Å². The Morgan fingerprint density at radius 3 is 2.90 bits per heavy atom. The number of hydrogen-bond donors (Lipinski definition) is 1. The molecule has 0 amide bonds. The highest BCUT2D eigenvalue weighted by molar-refractivity contribution is 5.32. The Labute approximate surface area is 61.3 Å². The van der Waals surface area contributed by atoms with Crippen LogP contribution in [0.2, 0.25) is 0 Å². The van der Waals surface area contributed by atoms with Crippen molar-refractivity contribution >= 4 is 0 Å². The maximum absolute atomic E-state index is 5.51. The van der Waals surface area contributed by atoms with Gasteiger partial charge in [0.25, 0.3) is 0 Å². The predicted molar refractivity (Wildman–Crippen MR) is 43.2 cm³/mol. The number of hydrogen-bond acceptors (Lipinski definition) is 2. The van der Waals surface area contributed by atoms with Crippen LogP contribution in [-0.2, 0) is 0 Å². The minimum absolute atomic E-state index is 0.663. The first-order chi connectivity index (χ1) is 4.70. The van der Waals surface area contributed by atoms with E-state index >= 15 is 0 Å². The van der Waals surface area contributed by atoms with Crippen LogP contribution in [0.15, 0.2) is 36.2 Å². The Kier molecular flexibility index (Phi) is 1.81. The third-order valence-corrected chi connectivity index (χ3v) is 1.47. The average Bonchev–Trinajstić information content (AvgIpc) is 1.88. The van der Waals surface area contributed by atoms with Gasteiger partial charge in [0.2, 0.25) is 0 Å². The van der Waals surface area contributed by atoms with Gasteiger partial charge in [0.05, 0.1) is 0 Å². The molecule has 0 unspecified atom stereocenters. The summed E-state index contributed by atoms with van der Waals surface area (Å²) in [6, 6.07) is 0. The zero-order valence-electron chi connectivity index (χ0n) is 6.17. The Morgan fingerprint density at radius 1 is 1.80 bits per heavy atom. The van der Waals surface area contributed by atoms with E-state index in [9.17, 15) is 0 Å². The summed E-state index contributed by atoms with van der Waals surface area (Å²) in [4.78, 5) is 2.06. The first-order valence-electron chi connectivity index (χ1n) is 3.22. The molecule has 2 nitrogen and oxygen atoms in total. The number of likely N-dealkylation sites (N-methyl/N-ethyl adjacent to an activating group) is 1. The number of rotatable bonds is 1. The highest BCUT2D eigenvalue weighted by Crippen LogP contribution is 2.08. The lowest BCUT2D eigenvalue weighted by Crippen LogP contribution is -2.19. The molecule has 0 saturated heterocycles. The number of nitrogens with zero attached hydrogens (tertiary/aromatic N) is 1. The second kappa shape index (κ2) is 2.60. The maximum atomic E-state index is 5.51. The van der Waals surface area contributed by atoms with Gasteiger partial charge in [-0.2, -0.15) is 0 Å². The van der Waals surface area contributed by atoms with E-state index in [1.165, 1.54) is 0 Å². The van der Waals surface area contributed by atoms with Gasteiger partial charge in [-0.1, -0.05) is 12.7 Å². The monoisotopic (exact) mass is 136 g/mol. The fraction of sp³-hybridized carbons (Fsp3) is 0.250. The summed E-state index contributed by atoms with van der Waals surface area (Å²) in [5, 5.41) is 0. The molecule has 1 heterocycles. The normalized spacial score (nSPS) is 16.9. The van der Waals surface area contributed by atoms with Crippen LogP contribution in [0.3, 0.4) is 0 Å². The van der Waals surface area contributed by atoms with E-state index in [0.29, 0.717) is 5.70 Å². The van der Waals surface area contributed by atoms with Gasteiger partial charge in [-0.25, -0.2) is 0 Å². The standard InChI is InChI=1S/C8H12N2/c1-7(9)8-4-3-5-10(2)6-8/h3-5H,1,6,9H2,2H3. The third kappa shape index (κ3) is 1.41. The van der Waals surface area contributed by atoms with E-state index in [0.717, 1.165) is 12.1 Å². The van der Waals surface area contributed by atoms with Crippen molar-refractivity contribution < 1.29 is 0 Å². The molecule has 0 spiro atoms. The van der Waals surface area contributed by atoms with Gasteiger partial charge >= 0.3 is 0 Å². The molecule has 0 bridgehead atoms. The molecule has 0 saturated carbocycles. The Hall–Kier alpha value is -1.18. The van der Waals surface area contributed by atoms with Crippen LogP contribution in [0.4, 0.5) is 0 Å². The fourth-order valence-corrected chi connectivity index (χ4v) is 0.889. The molecule has 0 fully saturated rings. The highest BCUT2D eigenvalue weighted by Gasteiger charge is 2.02. The lowest BCUT2D eigenvalue weighted by Gasteiger charge is -2.19. The first kappa shape index (κ1) is 6.93. The molecule has 1 aliphatic heterocycles. The Balaban J connectivity index is 2.71. The lowest BCUT2D eigenvalue weighted by atomic mass is 10.1. The quantitative estimate of drug-likeness (QED) is 0.579. The summed E-state index contributed by atoms with van der Waals surface area (Å²) in [5.74, 6) is 0. The van der Waals surface area contributed by atoms with E-state index in [1.54, 1.807) is 0 Å². The van der Waals surface area contributed by atoms with Gasteiger partial charge in [0, 0.05) is 19.3 Å². The summed E-state index contributed by atoms with van der Waals surface area (Å²) in [6.07, 6.45) is 5.96. The van der Waals surface area contributed by atoms with Crippen molar-refractivity contribution in [2.24, 2.45) is 5.73 Å². The van der Waals surface area contributed by atoms with Crippen LogP contribution < -0.4 is 5.73 Å². The van der Waals surface area contributed by atoms with E-state index in [1.807, 2.05) is 25.4 Å².